The van der Waals surface area contributed by atoms with Crippen molar-refractivity contribution in [3.63, 3.8) is 0 Å². The number of alkyl halides is 3. The summed E-state index contributed by atoms with van der Waals surface area (Å²) in [4.78, 5) is 5.85. The molecule has 1 N–H and O–H groups in total. The maximum atomic E-state index is 12.7. The van der Waals surface area contributed by atoms with E-state index in [4.69, 9.17) is 11.6 Å². The second-order valence-corrected chi connectivity index (χ2v) is 7.76. The van der Waals surface area contributed by atoms with Gasteiger partial charge in [-0.15, -0.1) is 4.83 Å². The largest absolute Gasteiger partial charge is 0.417 e. The second kappa shape index (κ2) is 6.99. The molecule has 0 atom stereocenters. The lowest BCUT2D eigenvalue weighted by molar-refractivity contribution is -0.137. The Bertz CT molecular complexity index is 1100. The van der Waals surface area contributed by atoms with Gasteiger partial charge in [-0.25, -0.2) is 13.4 Å². The number of nitrogens with one attached hydrogen (secondary N) is 1. The zero-order chi connectivity index (χ0) is 19.8. The predicted octanol–water partition coefficient (Wildman–Crippen LogP) is 4.24. The Morgan fingerprint density at radius 2 is 1.74 bits per heavy atom. The van der Waals surface area contributed by atoms with Gasteiger partial charge < -0.3 is 0 Å². The normalized spacial score (nSPS) is 12.3. The quantitative estimate of drug-likeness (QED) is 0.647. The van der Waals surface area contributed by atoms with E-state index in [1.165, 1.54) is 19.2 Å². The smallest absolute Gasteiger partial charge is 0.280 e. The van der Waals surface area contributed by atoms with Crippen molar-refractivity contribution in [1.29, 1.82) is 0 Å². The van der Waals surface area contributed by atoms with Crippen molar-refractivity contribution in [2.75, 3.05) is 12.1 Å². The van der Waals surface area contributed by atoms with Gasteiger partial charge in [-0.3, -0.25) is 5.01 Å². The first-order chi connectivity index (χ1) is 12.6. The molecule has 27 heavy (non-hydrogen) atoms. The summed E-state index contributed by atoms with van der Waals surface area (Å²) in [5, 5.41) is 2.21. The molecule has 0 bridgehead atoms. The summed E-state index contributed by atoms with van der Waals surface area (Å²) in [6.07, 6.45) is -4.01. The number of hydrazine groups is 1. The topological polar surface area (TPSA) is 62.3 Å². The minimum atomic E-state index is -4.60. The highest BCUT2D eigenvalue weighted by atomic mass is 35.5. The summed E-state index contributed by atoms with van der Waals surface area (Å²) >= 11 is 5.84. The third-order valence-electron chi connectivity index (χ3n) is 3.76. The van der Waals surface area contributed by atoms with Crippen molar-refractivity contribution < 1.29 is 21.6 Å². The fourth-order valence-corrected chi connectivity index (χ4v) is 3.82. The summed E-state index contributed by atoms with van der Waals surface area (Å²) in [5.41, 5.74) is -1.03. The van der Waals surface area contributed by atoms with Gasteiger partial charge in [0.05, 0.1) is 15.5 Å². The van der Waals surface area contributed by atoms with Crippen LogP contribution in [-0.4, -0.2) is 20.4 Å². The first-order valence-electron chi connectivity index (χ1n) is 7.56. The summed E-state index contributed by atoms with van der Waals surface area (Å²) in [6, 6.07) is 12.5. The lowest BCUT2D eigenvalue weighted by Gasteiger charge is -2.21. The fourth-order valence-electron chi connectivity index (χ4n) is 2.44. The Balaban J connectivity index is 1.88. The molecule has 2 aromatic carbocycles. The van der Waals surface area contributed by atoms with E-state index >= 15 is 0 Å². The second-order valence-electron chi connectivity index (χ2n) is 5.69. The lowest BCUT2D eigenvalue weighted by Crippen LogP contribution is -2.40. The molecule has 3 aromatic rings. The van der Waals surface area contributed by atoms with Crippen molar-refractivity contribution in [1.82, 2.24) is 9.82 Å². The first-order valence-corrected chi connectivity index (χ1v) is 9.42. The van der Waals surface area contributed by atoms with Crippen LogP contribution in [0.2, 0.25) is 5.02 Å². The third kappa shape index (κ3) is 4.15. The number of hydrogen-bond donors (Lipinski definition) is 1. The van der Waals surface area contributed by atoms with E-state index in [2.05, 4.69) is 9.82 Å². The van der Waals surface area contributed by atoms with Gasteiger partial charge in [-0.05, 0) is 29.0 Å². The number of halogens is 4. The van der Waals surface area contributed by atoms with Crippen LogP contribution in [0.3, 0.4) is 0 Å². The minimum Gasteiger partial charge on any atom is -0.280 e. The minimum absolute atomic E-state index is 0.00363. The highest BCUT2D eigenvalue weighted by Gasteiger charge is 2.32. The molecular formula is C17H13ClF3N3O2S. The van der Waals surface area contributed by atoms with E-state index in [9.17, 15) is 21.6 Å². The van der Waals surface area contributed by atoms with Crippen LogP contribution in [0.5, 0.6) is 0 Å². The molecule has 5 nitrogen and oxygen atoms in total. The van der Waals surface area contributed by atoms with Gasteiger partial charge in [0.2, 0.25) is 0 Å². The highest BCUT2D eigenvalue weighted by molar-refractivity contribution is 7.89. The van der Waals surface area contributed by atoms with E-state index in [0.29, 0.717) is 12.3 Å². The Morgan fingerprint density at radius 1 is 1.07 bits per heavy atom. The summed E-state index contributed by atoms with van der Waals surface area (Å²) in [5.74, 6) is -0.158. The maximum Gasteiger partial charge on any atom is 0.417 e. The number of aromatic nitrogens is 1. The number of nitrogens with zero attached hydrogens (tertiary/aromatic N) is 2. The molecule has 1 heterocycles. The fraction of sp³-hybridized carbons (Fsp3) is 0.118. The summed E-state index contributed by atoms with van der Waals surface area (Å²) < 4.78 is 63.3. The van der Waals surface area contributed by atoms with Crippen molar-refractivity contribution in [3.8, 4) is 0 Å². The van der Waals surface area contributed by atoms with Crippen LogP contribution in [0, 0.1) is 0 Å². The predicted molar refractivity (Wildman–Crippen MR) is 96.9 cm³/mol. The average Bonchev–Trinajstić information content (AvgIpc) is 2.60. The van der Waals surface area contributed by atoms with Gasteiger partial charge >= 0.3 is 6.18 Å². The molecule has 0 aliphatic rings. The lowest BCUT2D eigenvalue weighted by atomic mass is 10.1. The molecular weight excluding hydrogens is 403 g/mol. The molecule has 0 spiro atoms. The van der Waals surface area contributed by atoms with Crippen molar-refractivity contribution in [3.05, 3.63) is 65.3 Å². The Hall–Kier alpha value is -2.36. The molecule has 0 radical (unpaired) electrons. The molecule has 1 aromatic heterocycles. The van der Waals surface area contributed by atoms with E-state index in [1.807, 2.05) is 12.1 Å². The van der Waals surface area contributed by atoms with Gasteiger partial charge in [0.25, 0.3) is 10.0 Å². The van der Waals surface area contributed by atoms with Crippen LogP contribution >= 0.6 is 11.6 Å². The van der Waals surface area contributed by atoms with E-state index in [1.54, 1.807) is 18.2 Å². The number of sulfonamides is 1. The van der Waals surface area contributed by atoms with E-state index in [0.717, 1.165) is 15.8 Å². The summed E-state index contributed by atoms with van der Waals surface area (Å²) in [7, 11) is -2.71. The van der Waals surface area contributed by atoms with Gasteiger partial charge in [0.15, 0.2) is 5.82 Å². The first kappa shape index (κ1) is 19.4. The Labute approximate surface area is 158 Å². The van der Waals surface area contributed by atoms with Crippen LogP contribution in [0.4, 0.5) is 19.0 Å². The molecule has 0 aliphatic heterocycles. The van der Waals surface area contributed by atoms with Crippen molar-refractivity contribution in [2.45, 2.75) is 11.1 Å². The van der Waals surface area contributed by atoms with Crippen LogP contribution in [0.1, 0.15) is 5.56 Å². The number of pyridine rings is 1. The number of benzene rings is 2. The standard InChI is InChI=1S/C17H13ClF3N3O2S/c1-24(16-15(18)9-13(10-22-16)17(19,20)21)23-27(25,26)14-7-6-11-4-2-3-5-12(11)8-14/h2-10,23H,1H3. The zero-order valence-electron chi connectivity index (χ0n) is 13.8. The SMILES string of the molecule is CN(NS(=O)(=O)c1ccc2ccccc2c1)c1ncc(C(F)(F)F)cc1Cl. The average molecular weight is 416 g/mol. The molecule has 0 unspecified atom stereocenters. The Morgan fingerprint density at radius 3 is 2.37 bits per heavy atom. The van der Waals surface area contributed by atoms with E-state index in [-0.39, 0.29) is 15.7 Å². The van der Waals surface area contributed by atoms with Gasteiger partial charge in [0, 0.05) is 13.2 Å². The molecule has 0 amide bonds. The van der Waals surface area contributed by atoms with Crippen LogP contribution in [-0.2, 0) is 16.2 Å². The van der Waals surface area contributed by atoms with Gasteiger partial charge in [0.1, 0.15) is 0 Å². The Kier molecular flexibility index (Phi) is 5.02. The molecule has 0 fully saturated rings. The van der Waals surface area contributed by atoms with Crippen molar-refractivity contribution in [2.24, 2.45) is 0 Å². The van der Waals surface area contributed by atoms with E-state index < -0.39 is 21.8 Å². The molecule has 10 heteroatoms. The van der Waals surface area contributed by atoms with Crippen LogP contribution in [0.15, 0.2) is 59.6 Å². The molecule has 0 saturated heterocycles. The van der Waals surface area contributed by atoms with Crippen molar-refractivity contribution >= 4 is 38.2 Å². The summed E-state index contributed by atoms with van der Waals surface area (Å²) in [6.45, 7) is 0. The molecule has 0 aliphatic carbocycles. The van der Waals surface area contributed by atoms with Gasteiger partial charge in [-0.1, -0.05) is 41.9 Å². The molecule has 0 saturated carbocycles. The van der Waals surface area contributed by atoms with Crippen LogP contribution in [0.25, 0.3) is 10.8 Å². The van der Waals surface area contributed by atoms with Crippen LogP contribution < -0.4 is 9.84 Å². The number of hydrogen-bond acceptors (Lipinski definition) is 4. The number of rotatable bonds is 4. The zero-order valence-corrected chi connectivity index (χ0v) is 15.4. The third-order valence-corrected chi connectivity index (χ3v) is 5.42. The monoisotopic (exact) mass is 415 g/mol. The molecule has 142 valence electrons. The maximum absolute atomic E-state index is 12.7. The molecule has 3 rings (SSSR count). The van der Waals surface area contributed by atoms with Gasteiger partial charge in [-0.2, -0.15) is 13.2 Å². The highest BCUT2D eigenvalue weighted by Crippen LogP contribution is 2.33. The number of fused-ring (bicyclic) bond motifs is 1. The number of anilines is 1.